The zero-order valence-electron chi connectivity index (χ0n) is 10.8. The van der Waals surface area contributed by atoms with E-state index in [0.717, 1.165) is 11.3 Å². The molecule has 1 heterocycles. The second kappa shape index (κ2) is 5.64. The molecule has 1 unspecified atom stereocenters. The molecule has 0 amide bonds. The van der Waals surface area contributed by atoms with Crippen LogP contribution < -0.4 is 10.1 Å². The minimum absolute atomic E-state index is 0.0663. The Morgan fingerprint density at radius 2 is 2.28 bits per heavy atom. The van der Waals surface area contributed by atoms with Gasteiger partial charge in [-0.3, -0.25) is 0 Å². The van der Waals surface area contributed by atoms with Crippen molar-refractivity contribution in [1.29, 1.82) is 0 Å². The van der Waals surface area contributed by atoms with Crippen molar-refractivity contribution in [2.75, 3.05) is 14.2 Å². The maximum Gasteiger partial charge on any atom is 0.243 e. The van der Waals surface area contributed by atoms with E-state index in [-0.39, 0.29) is 6.04 Å². The lowest BCUT2D eigenvalue weighted by Gasteiger charge is -2.02. The van der Waals surface area contributed by atoms with E-state index >= 15 is 0 Å². The van der Waals surface area contributed by atoms with E-state index in [1.807, 2.05) is 38.2 Å². The Bertz CT molecular complexity index is 510. The van der Waals surface area contributed by atoms with Crippen LogP contribution in [0, 0.1) is 0 Å². The molecule has 0 aliphatic rings. The molecule has 2 aromatic rings. The molecule has 0 saturated carbocycles. The Morgan fingerprint density at radius 3 is 3.00 bits per heavy atom. The van der Waals surface area contributed by atoms with Crippen LogP contribution in [0.4, 0.5) is 0 Å². The summed E-state index contributed by atoms with van der Waals surface area (Å²) in [6, 6.07) is 7.91. The topological polar surface area (TPSA) is 60.2 Å². The van der Waals surface area contributed by atoms with Crippen LogP contribution in [-0.4, -0.2) is 24.3 Å². The summed E-state index contributed by atoms with van der Waals surface area (Å²) in [6.07, 6.45) is 0.636. The summed E-state index contributed by atoms with van der Waals surface area (Å²) in [6.45, 7) is 1.98. The van der Waals surface area contributed by atoms with Crippen molar-refractivity contribution in [1.82, 2.24) is 15.5 Å². The van der Waals surface area contributed by atoms with E-state index in [2.05, 4.69) is 15.5 Å². The van der Waals surface area contributed by atoms with Gasteiger partial charge in [-0.2, -0.15) is 4.98 Å². The van der Waals surface area contributed by atoms with Gasteiger partial charge in [-0.15, -0.1) is 0 Å². The Kier molecular flexibility index (Phi) is 3.94. The third kappa shape index (κ3) is 2.87. The second-order valence-electron chi connectivity index (χ2n) is 4.09. The molecule has 0 bridgehead atoms. The van der Waals surface area contributed by atoms with Crippen LogP contribution in [0.5, 0.6) is 5.75 Å². The largest absolute Gasteiger partial charge is 0.497 e. The summed E-state index contributed by atoms with van der Waals surface area (Å²) >= 11 is 0. The average Bonchev–Trinajstić information content (AvgIpc) is 2.86. The van der Waals surface area contributed by atoms with Crippen molar-refractivity contribution in [3.05, 3.63) is 41.5 Å². The second-order valence-corrected chi connectivity index (χ2v) is 4.09. The molecule has 5 heteroatoms. The van der Waals surface area contributed by atoms with Gasteiger partial charge in [-0.05, 0) is 31.7 Å². The van der Waals surface area contributed by atoms with Gasteiger partial charge < -0.3 is 14.6 Å². The van der Waals surface area contributed by atoms with Crippen molar-refractivity contribution >= 4 is 0 Å². The normalized spacial score (nSPS) is 12.4. The fraction of sp³-hybridized carbons (Fsp3) is 0.385. The van der Waals surface area contributed by atoms with Crippen LogP contribution in [0.1, 0.15) is 30.2 Å². The monoisotopic (exact) mass is 247 g/mol. The van der Waals surface area contributed by atoms with E-state index in [4.69, 9.17) is 9.26 Å². The molecular formula is C13H17N3O2. The van der Waals surface area contributed by atoms with Gasteiger partial charge in [0, 0.05) is 6.42 Å². The summed E-state index contributed by atoms with van der Waals surface area (Å²) in [5.74, 6) is 2.12. The number of hydrogen-bond acceptors (Lipinski definition) is 5. The minimum Gasteiger partial charge on any atom is -0.497 e. The predicted octanol–water partition coefficient (Wildman–Crippen LogP) is 1.95. The molecule has 1 aromatic carbocycles. The van der Waals surface area contributed by atoms with Crippen LogP contribution in [0.2, 0.25) is 0 Å². The highest BCUT2D eigenvalue weighted by atomic mass is 16.5. The standard InChI is InChI=1S/C13H17N3O2/c1-9(14-2)13-15-12(16-18-13)8-10-5-4-6-11(7-10)17-3/h4-7,9,14H,8H2,1-3H3. The minimum atomic E-state index is 0.0663. The molecule has 96 valence electrons. The summed E-state index contributed by atoms with van der Waals surface area (Å²) in [5, 5.41) is 7.03. The molecule has 0 aliphatic heterocycles. The van der Waals surface area contributed by atoms with Gasteiger partial charge in [0.2, 0.25) is 5.89 Å². The number of nitrogens with zero attached hydrogens (tertiary/aromatic N) is 2. The van der Waals surface area contributed by atoms with Crippen LogP contribution in [-0.2, 0) is 6.42 Å². The number of ether oxygens (including phenoxy) is 1. The molecule has 0 spiro atoms. The molecule has 1 atom stereocenters. The molecule has 18 heavy (non-hydrogen) atoms. The summed E-state index contributed by atoms with van der Waals surface area (Å²) < 4.78 is 10.4. The number of methoxy groups -OCH3 is 1. The molecular weight excluding hydrogens is 230 g/mol. The molecule has 0 aliphatic carbocycles. The van der Waals surface area contributed by atoms with E-state index in [1.165, 1.54) is 0 Å². The van der Waals surface area contributed by atoms with Crippen molar-refractivity contribution in [3.63, 3.8) is 0 Å². The number of aromatic nitrogens is 2. The Morgan fingerprint density at radius 1 is 1.44 bits per heavy atom. The van der Waals surface area contributed by atoms with Gasteiger partial charge >= 0.3 is 0 Å². The Labute approximate surface area is 106 Å². The third-order valence-electron chi connectivity index (χ3n) is 2.78. The molecule has 0 radical (unpaired) electrons. The molecule has 2 rings (SSSR count). The summed E-state index contributed by atoms with van der Waals surface area (Å²) in [4.78, 5) is 4.35. The maximum atomic E-state index is 5.19. The van der Waals surface area contributed by atoms with Gasteiger partial charge in [0.15, 0.2) is 5.82 Å². The lowest BCUT2D eigenvalue weighted by molar-refractivity contribution is 0.344. The highest BCUT2D eigenvalue weighted by Gasteiger charge is 2.12. The van der Waals surface area contributed by atoms with Gasteiger partial charge in [-0.25, -0.2) is 0 Å². The molecule has 0 saturated heterocycles. The van der Waals surface area contributed by atoms with Gasteiger partial charge in [0.25, 0.3) is 0 Å². The molecule has 1 N–H and O–H groups in total. The first-order valence-electron chi connectivity index (χ1n) is 5.85. The maximum absolute atomic E-state index is 5.19. The van der Waals surface area contributed by atoms with Gasteiger partial charge in [0.1, 0.15) is 5.75 Å². The van der Waals surface area contributed by atoms with Crippen LogP contribution in [0.3, 0.4) is 0 Å². The highest BCUT2D eigenvalue weighted by molar-refractivity contribution is 5.30. The SMILES string of the molecule is CNC(C)c1nc(Cc2cccc(OC)c2)no1. The quantitative estimate of drug-likeness (QED) is 0.875. The lowest BCUT2D eigenvalue weighted by atomic mass is 10.1. The number of hydrogen-bond donors (Lipinski definition) is 1. The molecule has 1 aromatic heterocycles. The lowest BCUT2D eigenvalue weighted by Crippen LogP contribution is -2.12. The summed E-state index contributed by atoms with van der Waals surface area (Å²) in [5.41, 5.74) is 1.10. The van der Waals surface area contributed by atoms with Crippen LogP contribution >= 0.6 is 0 Å². The third-order valence-corrected chi connectivity index (χ3v) is 2.78. The van der Waals surface area contributed by atoms with E-state index < -0.39 is 0 Å². The summed E-state index contributed by atoms with van der Waals surface area (Å²) in [7, 11) is 3.51. The molecule has 5 nitrogen and oxygen atoms in total. The van der Waals surface area contributed by atoms with Gasteiger partial charge in [-0.1, -0.05) is 17.3 Å². The highest BCUT2D eigenvalue weighted by Crippen LogP contribution is 2.16. The Balaban J connectivity index is 2.11. The van der Waals surface area contributed by atoms with Crippen molar-refractivity contribution < 1.29 is 9.26 Å². The zero-order valence-corrected chi connectivity index (χ0v) is 10.8. The van der Waals surface area contributed by atoms with Crippen LogP contribution in [0.25, 0.3) is 0 Å². The Hall–Kier alpha value is -1.88. The van der Waals surface area contributed by atoms with E-state index in [9.17, 15) is 0 Å². The number of benzene rings is 1. The fourth-order valence-corrected chi connectivity index (χ4v) is 1.60. The van der Waals surface area contributed by atoms with Crippen molar-refractivity contribution in [3.8, 4) is 5.75 Å². The van der Waals surface area contributed by atoms with Gasteiger partial charge in [0.05, 0.1) is 13.2 Å². The van der Waals surface area contributed by atoms with Crippen molar-refractivity contribution in [2.45, 2.75) is 19.4 Å². The first-order valence-corrected chi connectivity index (χ1v) is 5.85. The van der Waals surface area contributed by atoms with Crippen LogP contribution in [0.15, 0.2) is 28.8 Å². The first-order chi connectivity index (χ1) is 8.72. The number of nitrogens with one attached hydrogen (secondary N) is 1. The van der Waals surface area contributed by atoms with E-state index in [1.54, 1.807) is 7.11 Å². The van der Waals surface area contributed by atoms with E-state index in [0.29, 0.717) is 18.1 Å². The smallest absolute Gasteiger partial charge is 0.243 e. The fourth-order valence-electron chi connectivity index (χ4n) is 1.60. The zero-order chi connectivity index (χ0) is 13.0. The average molecular weight is 247 g/mol. The molecule has 0 fully saturated rings. The number of rotatable bonds is 5. The first kappa shape index (κ1) is 12.6. The predicted molar refractivity (Wildman–Crippen MR) is 67.6 cm³/mol. The van der Waals surface area contributed by atoms with Crippen molar-refractivity contribution in [2.24, 2.45) is 0 Å².